The van der Waals surface area contributed by atoms with Crippen LogP contribution in [0.3, 0.4) is 0 Å². The van der Waals surface area contributed by atoms with Crippen LogP contribution in [0.2, 0.25) is 5.15 Å². The molecule has 1 saturated carbocycles. The van der Waals surface area contributed by atoms with E-state index in [1.807, 2.05) is 31.2 Å². The van der Waals surface area contributed by atoms with Gasteiger partial charge in [-0.25, -0.2) is 4.68 Å². The lowest BCUT2D eigenvalue weighted by atomic mass is 9.93. The van der Waals surface area contributed by atoms with E-state index in [9.17, 15) is 9.90 Å². The van der Waals surface area contributed by atoms with Gasteiger partial charge in [-0.2, -0.15) is 5.10 Å². The van der Waals surface area contributed by atoms with Crippen molar-refractivity contribution in [1.82, 2.24) is 15.1 Å². The Morgan fingerprint density at radius 3 is 2.52 bits per heavy atom. The largest absolute Gasteiger partial charge is 0.393 e. The van der Waals surface area contributed by atoms with E-state index in [2.05, 4.69) is 10.4 Å². The van der Waals surface area contributed by atoms with Gasteiger partial charge in [0.15, 0.2) is 0 Å². The van der Waals surface area contributed by atoms with Gasteiger partial charge in [0.05, 0.1) is 23.9 Å². The van der Waals surface area contributed by atoms with Gasteiger partial charge >= 0.3 is 0 Å². The Morgan fingerprint density at radius 1 is 1.24 bits per heavy atom. The molecule has 1 fully saturated rings. The van der Waals surface area contributed by atoms with E-state index in [0.717, 1.165) is 31.2 Å². The van der Waals surface area contributed by atoms with Crippen molar-refractivity contribution in [2.24, 2.45) is 0 Å². The topological polar surface area (TPSA) is 67.2 Å². The molecule has 134 valence electrons. The molecular weight excluding hydrogens is 338 g/mol. The molecule has 5 nitrogen and oxygen atoms in total. The first-order chi connectivity index (χ1) is 11.9. The molecule has 0 spiro atoms. The Kier molecular flexibility index (Phi) is 5.45. The number of carbonyl (C=O) groups is 1. The van der Waals surface area contributed by atoms with E-state index in [4.69, 9.17) is 11.6 Å². The van der Waals surface area contributed by atoms with Crippen LogP contribution >= 0.6 is 11.6 Å². The summed E-state index contributed by atoms with van der Waals surface area (Å²) in [6, 6.07) is 8.26. The van der Waals surface area contributed by atoms with Crippen molar-refractivity contribution >= 4 is 17.5 Å². The molecule has 3 rings (SSSR count). The fourth-order valence-corrected chi connectivity index (χ4v) is 3.58. The fraction of sp³-hybridized carbons (Fsp3) is 0.474. The number of nitrogens with one attached hydrogen (secondary N) is 1. The summed E-state index contributed by atoms with van der Waals surface area (Å²) in [4.78, 5) is 12.6. The molecule has 1 aliphatic rings. The van der Waals surface area contributed by atoms with Crippen LogP contribution in [0.25, 0.3) is 0 Å². The van der Waals surface area contributed by atoms with E-state index in [-0.39, 0.29) is 18.1 Å². The molecule has 0 radical (unpaired) electrons. The summed E-state index contributed by atoms with van der Waals surface area (Å²) in [6.45, 7) is 4.38. The van der Waals surface area contributed by atoms with Gasteiger partial charge in [0.1, 0.15) is 5.15 Å². The van der Waals surface area contributed by atoms with Crippen LogP contribution in [0.1, 0.15) is 52.9 Å². The predicted molar refractivity (Wildman–Crippen MR) is 98.0 cm³/mol. The number of rotatable bonds is 4. The number of aliphatic hydroxyl groups excluding tert-OH is 1. The van der Waals surface area contributed by atoms with Crippen LogP contribution in [0.5, 0.6) is 0 Å². The molecule has 2 aromatic rings. The smallest absolute Gasteiger partial charge is 0.256 e. The minimum atomic E-state index is -0.240. The maximum atomic E-state index is 12.6. The van der Waals surface area contributed by atoms with Crippen LogP contribution in [0.15, 0.2) is 24.3 Å². The minimum Gasteiger partial charge on any atom is -0.393 e. The average Bonchev–Trinajstić information content (AvgIpc) is 2.85. The molecule has 6 heteroatoms. The highest BCUT2D eigenvalue weighted by Crippen LogP contribution is 2.23. The normalized spacial score (nSPS) is 20.5. The molecule has 1 aliphatic carbocycles. The molecule has 0 bridgehead atoms. The van der Waals surface area contributed by atoms with Crippen molar-refractivity contribution in [3.05, 3.63) is 51.8 Å². The lowest BCUT2D eigenvalue weighted by molar-refractivity contribution is 0.0867. The maximum absolute atomic E-state index is 12.6. The predicted octanol–water partition coefficient (Wildman–Crippen LogP) is 3.23. The Morgan fingerprint density at radius 2 is 1.88 bits per heavy atom. The van der Waals surface area contributed by atoms with Gasteiger partial charge in [-0.3, -0.25) is 4.79 Å². The summed E-state index contributed by atoms with van der Waals surface area (Å²) in [5, 5.41) is 17.4. The van der Waals surface area contributed by atoms with Crippen LogP contribution in [-0.2, 0) is 6.54 Å². The van der Waals surface area contributed by atoms with Crippen LogP contribution < -0.4 is 5.32 Å². The van der Waals surface area contributed by atoms with Crippen molar-refractivity contribution in [2.75, 3.05) is 0 Å². The highest BCUT2D eigenvalue weighted by atomic mass is 35.5. The molecule has 1 aromatic heterocycles. The van der Waals surface area contributed by atoms with Crippen molar-refractivity contribution in [3.63, 3.8) is 0 Å². The number of aliphatic hydroxyl groups is 1. The Bertz CT molecular complexity index is 747. The second-order valence-electron chi connectivity index (χ2n) is 6.87. The van der Waals surface area contributed by atoms with E-state index in [0.29, 0.717) is 23.0 Å². The summed E-state index contributed by atoms with van der Waals surface area (Å²) < 4.78 is 1.67. The third-order valence-electron chi connectivity index (χ3n) is 4.78. The first kappa shape index (κ1) is 18.0. The monoisotopic (exact) mass is 361 g/mol. The van der Waals surface area contributed by atoms with Gasteiger partial charge in [-0.15, -0.1) is 0 Å². The Labute approximate surface area is 153 Å². The number of hydrogen-bond donors (Lipinski definition) is 2. The van der Waals surface area contributed by atoms with Crippen LogP contribution in [-0.4, -0.2) is 32.9 Å². The van der Waals surface area contributed by atoms with E-state index >= 15 is 0 Å². The summed E-state index contributed by atoms with van der Waals surface area (Å²) in [5.74, 6) is -0.181. The molecule has 1 amide bonds. The van der Waals surface area contributed by atoms with Gasteiger partial charge < -0.3 is 10.4 Å². The molecule has 0 saturated heterocycles. The quantitative estimate of drug-likeness (QED) is 0.878. The molecular formula is C19H24ClN3O2. The third-order valence-corrected chi connectivity index (χ3v) is 5.16. The Balaban J connectivity index is 1.72. The van der Waals surface area contributed by atoms with Gasteiger partial charge in [-0.05, 0) is 45.1 Å². The number of aryl methyl sites for hydroxylation is 2. The fourth-order valence-electron chi connectivity index (χ4n) is 3.26. The molecule has 0 unspecified atom stereocenters. The minimum absolute atomic E-state index is 0.0896. The number of aromatic nitrogens is 2. The molecule has 0 atom stereocenters. The highest BCUT2D eigenvalue weighted by molar-refractivity contribution is 6.33. The summed E-state index contributed by atoms with van der Waals surface area (Å²) >= 11 is 6.45. The second-order valence-corrected chi connectivity index (χ2v) is 7.23. The molecule has 1 aromatic carbocycles. The second kappa shape index (κ2) is 7.58. The van der Waals surface area contributed by atoms with E-state index in [1.165, 1.54) is 5.56 Å². The number of halogens is 1. The van der Waals surface area contributed by atoms with E-state index < -0.39 is 0 Å². The number of benzene rings is 1. The molecule has 2 N–H and O–H groups in total. The number of amides is 1. The van der Waals surface area contributed by atoms with Crippen LogP contribution in [0.4, 0.5) is 0 Å². The van der Waals surface area contributed by atoms with Crippen molar-refractivity contribution < 1.29 is 9.90 Å². The Hall–Kier alpha value is -1.85. The first-order valence-electron chi connectivity index (χ1n) is 8.71. The zero-order chi connectivity index (χ0) is 18.0. The van der Waals surface area contributed by atoms with Gasteiger partial charge in [0.25, 0.3) is 5.91 Å². The van der Waals surface area contributed by atoms with Crippen LogP contribution in [0, 0.1) is 13.8 Å². The van der Waals surface area contributed by atoms with Gasteiger partial charge in [0, 0.05) is 6.04 Å². The van der Waals surface area contributed by atoms with Crippen molar-refractivity contribution in [2.45, 2.75) is 58.2 Å². The number of carbonyl (C=O) groups excluding carboxylic acids is 1. The van der Waals surface area contributed by atoms with Crippen molar-refractivity contribution in [3.8, 4) is 0 Å². The summed E-state index contributed by atoms with van der Waals surface area (Å²) in [5.41, 5.74) is 3.36. The van der Waals surface area contributed by atoms with Crippen molar-refractivity contribution in [1.29, 1.82) is 0 Å². The SMILES string of the molecule is Cc1ccc(Cn2nc(C)c(C(=O)NC3CCC(O)CC3)c2Cl)cc1. The molecule has 1 heterocycles. The number of nitrogens with zero attached hydrogens (tertiary/aromatic N) is 2. The maximum Gasteiger partial charge on any atom is 0.256 e. The zero-order valence-corrected chi connectivity index (χ0v) is 15.4. The lowest BCUT2D eigenvalue weighted by Crippen LogP contribution is -2.38. The summed E-state index contributed by atoms with van der Waals surface area (Å²) in [6.07, 6.45) is 2.80. The standard InChI is InChI=1S/C19H24ClN3O2/c1-12-3-5-14(6-4-12)11-23-18(20)17(13(2)22-23)19(25)21-15-7-9-16(24)10-8-15/h3-6,15-16,24H,7-11H2,1-2H3,(H,21,25). The molecule has 25 heavy (non-hydrogen) atoms. The zero-order valence-electron chi connectivity index (χ0n) is 14.6. The first-order valence-corrected chi connectivity index (χ1v) is 9.09. The molecule has 0 aliphatic heterocycles. The van der Waals surface area contributed by atoms with E-state index in [1.54, 1.807) is 11.6 Å². The number of hydrogen-bond acceptors (Lipinski definition) is 3. The summed E-state index contributed by atoms with van der Waals surface area (Å²) in [7, 11) is 0. The third kappa shape index (κ3) is 4.22. The van der Waals surface area contributed by atoms with Gasteiger partial charge in [0.2, 0.25) is 0 Å². The lowest BCUT2D eigenvalue weighted by Gasteiger charge is -2.26. The average molecular weight is 362 g/mol. The highest BCUT2D eigenvalue weighted by Gasteiger charge is 2.25. The van der Waals surface area contributed by atoms with Gasteiger partial charge in [-0.1, -0.05) is 41.4 Å².